The van der Waals surface area contributed by atoms with E-state index >= 15 is 0 Å². The van der Waals surface area contributed by atoms with Gasteiger partial charge in [0.25, 0.3) is 0 Å². The molecule has 0 aromatic carbocycles. The Bertz CT molecular complexity index is 252. The van der Waals surface area contributed by atoms with E-state index in [1.54, 1.807) is 0 Å². The predicted molar refractivity (Wildman–Crippen MR) is 69.3 cm³/mol. The van der Waals surface area contributed by atoms with Gasteiger partial charge in [0.1, 0.15) is 0 Å². The minimum atomic E-state index is 0.582. The van der Waals surface area contributed by atoms with Gasteiger partial charge in [-0.3, -0.25) is 4.99 Å². The van der Waals surface area contributed by atoms with Crippen molar-refractivity contribution in [3.05, 3.63) is 12.2 Å². The number of unbranched alkanes of at least 4 members (excludes halogenated alkanes) is 2. The highest BCUT2D eigenvalue weighted by Gasteiger charge is 1.96. The lowest BCUT2D eigenvalue weighted by atomic mass is 10.0. The van der Waals surface area contributed by atoms with Crippen LogP contribution in [0, 0.1) is 17.8 Å². The third kappa shape index (κ3) is 10.9. The Labute approximate surface area is 94.7 Å². The number of nitrogens with zero attached hydrogens (tertiary/aromatic N) is 1. The molecule has 0 aromatic heterocycles. The zero-order valence-electron chi connectivity index (χ0n) is 10.3. The summed E-state index contributed by atoms with van der Waals surface area (Å²) in [6, 6.07) is 0. The fourth-order valence-corrected chi connectivity index (χ4v) is 1.27. The third-order valence-electron chi connectivity index (χ3n) is 2.11. The van der Waals surface area contributed by atoms with Gasteiger partial charge in [0.15, 0.2) is 0 Å². The maximum atomic E-state index is 4.33. The molecule has 0 aliphatic heterocycles. The summed E-state index contributed by atoms with van der Waals surface area (Å²) in [7, 11) is 0. The minimum Gasteiger partial charge on any atom is -0.293 e. The van der Waals surface area contributed by atoms with Gasteiger partial charge < -0.3 is 0 Å². The second kappa shape index (κ2) is 9.52. The van der Waals surface area contributed by atoms with E-state index in [-0.39, 0.29) is 0 Å². The Morgan fingerprint density at radius 3 is 2.80 bits per heavy atom. The first-order valence-electron chi connectivity index (χ1n) is 5.70. The molecule has 0 rings (SSSR count). The van der Waals surface area contributed by atoms with E-state index in [2.05, 4.69) is 36.6 Å². The van der Waals surface area contributed by atoms with E-state index in [9.17, 15) is 0 Å². The van der Waals surface area contributed by atoms with Crippen molar-refractivity contribution >= 4 is 6.21 Å². The van der Waals surface area contributed by atoms with Gasteiger partial charge in [-0.1, -0.05) is 25.5 Å². The van der Waals surface area contributed by atoms with Crippen LogP contribution in [0.1, 0.15) is 46.5 Å². The highest BCUT2D eigenvalue weighted by atomic mass is 14.7. The first-order valence-corrected chi connectivity index (χ1v) is 5.70. The maximum Gasteiger partial charge on any atom is 0.0590 e. The van der Waals surface area contributed by atoms with Gasteiger partial charge in [-0.05, 0) is 32.6 Å². The topological polar surface area (TPSA) is 12.4 Å². The molecule has 1 nitrogen and oxygen atoms in total. The second-order valence-corrected chi connectivity index (χ2v) is 4.10. The highest BCUT2D eigenvalue weighted by Crippen LogP contribution is 2.07. The molecule has 0 heterocycles. The molecule has 0 bridgehead atoms. The van der Waals surface area contributed by atoms with Crippen LogP contribution in [0.25, 0.3) is 0 Å². The average molecular weight is 205 g/mol. The molecule has 0 radical (unpaired) electrons. The van der Waals surface area contributed by atoms with E-state index in [0.29, 0.717) is 5.92 Å². The van der Waals surface area contributed by atoms with Crippen molar-refractivity contribution in [2.24, 2.45) is 10.9 Å². The zero-order chi connectivity index (χ0) is 11.5. The van der Waals surface area contributed by atoms with Crippen molar-refractivity contribution in [3.63, 3.8) is 0 Å². The van der Waals surface area contributed by atoms with Gasteiger partial charge in [0.2, 0.25) is 0 Å². The SMILES string of the molecule is C=C(C)CN=CC(C)CCCCC#CC. The molecule has 0 N–H and O–H groups in total. The summed E-state index contributed by atoms with van der Waals surface area (Å²) in [5.74, 6) is 6.58. The summed E-state index contributed by atoms with van der Waals surface area (Å²) in [5, 5.41) is 0. The normalized spacial score (nSPS) is 12.2. The molecular weight excluding hydrogens is 182 g/mol. The molecule has 0 fully saturated rings. The Balaban J connectivity index is 3.46. The lowest BCUT2D eigenvalue weighted by Gasteiger charge is -2.03. The highest BCUT2D eigenvalue weighted by molar-refractivity contribution is 5.60. The average Bonchev–Trinajstić information content (AvgIpc) is 2.17. The summed E-state index contributed by atoms with van der Waals surface area (Å²) in [6.07, 6.45) is 6.76. The van der Waals surface area contributed by atoms with Crippen LogP contribution in [0.3, 0.4) is 0 Å². The Hall–Kier alpha value is -1.03. The van der Waals surface area contributed by atoms with E-state index in [1.165, 1.54) is 19.3 Å². The fraction of sp³-hybridized carbons (Fsp3) is 0.643. The molecular formula is C14H23N. The Kier molecular flexibility index (Phi) is 8.87. The van der Waals surface area contributed by atoms with Crippen molar-refractivity contribution in [2.75, 3.05) is 6.54 Å². The Morgan fingerprint density at radius 1 is 1.47 bits per heavy atom. The summed E-state index contributed by atoms with van der Waals surface area (Å²) in [5.41, 5.74) is 1.12. The van der Waals surface area contributed by atoms with Gasteiger partial charge in [-0.15, -0.1) is 11.8 Å². The molecule has 0 aliphatic carbocycles. The lowest BCUT2D eigenvalue weighted by Crippen LogP contribution is -1.97. The number of hydrogen-bond acceptors (Lipinski definition) is 1. The van der Waals surface area contributed by atoms with Gasteiger partial charge in [-0.2, -0.15) is 0 Å². The van der Waals surface area contributed by atoms with Gasteiger partial charge in [0, 0.05) is 12.6 Å². The van der Waals surface area contributed by atoms with Crippen LogP contribution in [0.15, 0.2) is 17.1 Å². The van der Waals surface area contributed by atoms with Crippen LogP contribution in [-0.2, 0) is 0 Å². The maximum absolute atomic E-state index is 4.33. The summed E-state index contributed by atoms with van der Waals surface area (Å²) < 4.78 is 0. The molecule has 0 aliphatic rings. The van der Waals surface area contributed by atoms with E-state index in [4.69, 9.17) is 0 Å². The van der Waals surface area contributed by atoms with Crippen LogP contribution in [0.4, 0.5) is 0 Å². The molecule has 1 unspecified atom stereocenters. The number of rotatable bonds is 7. The van der Waals surface area contributed by atoms with Crippen molar-refractivity contribution in [2.45, 2.75) is 46.5 Å². The molecule has 1 heteroatoms. The molecule has 0 aromatic rings. The quantitative estimate of drug-likeness (QED) is 0.259. The minimum absolute atomic E-state index is 0.582. The largest absolute Gasteiger partial charge is 0.293 e. The molecule has 0 saturated heterocycles. The monoisotopic (exact) mass is 205 g/mol. The summed E-state index contributed by atoms with van der Waals surface area (Å²) in [4.78, 5) is 4.33. The third-order valence-corrected chi connectivity index (χ3v) is 2.11. The van der Waals surface area contributed by atoms with Crippen molar-refractivity contribution in [1.29, 1.82) is 0 Å². The first-order chi connectivity index (χ1) is 7.16. The van der Waals surface area contributed by atoms with Gasteiger partial charge in [-0.25, -0.2) is 0 Å². The van der Waals surface area contributed by atoms with Crippen LogP contribution in [0.2, 0.25) is 0 Å². The van der Waals surface area contributed by atoms with Crippen LogP contribution >= 0.6 is 0 Å². The van der Waals surface area contributed by atoms with E-state index < -0.39 is 0 Å². The Morgan fingerprint density at radius 2 is 2.20 bits per heavy atom. The molecule has 84 valence electrons. The second-order valence-electron chi connectivity index (χ2n) is 4.10. The zero-order valence-corrected chi connectivity index (χ0v) is 10.3. The molecule has 0 spiro atoms. The summed E-state index contributed by atoms with van der Waals surface area (Å²) >= 11 is 0. The standard InChI is InChI=1S/C14H23N/c1-5-6-7-8-9-10-14(4)12-15-11-13(2)3/h12,14H,2,7-11H2,1,3-4H3. The van der Waals surface area contributed by atoms with Gasteiger partial charge >= 0.3 is 0 Å². The van der Waals surface area contributed by atoms with Crippen molar-refractivity contribution in [3.8, 4) is 11.8 Å². The lowest BCUT2D eigenvalue weighted by molar-refractivity contribution is 0.617. The number of hydrogen-bond donors (Lipinski definition) is 0. The van der Waals surface area contributed by atoms with E-state index in [1.807, 2.05) is 13.8 Å². The smallest absolute Gasteiger partial charge is 0.0590 e. The van der Waals surface area contributed by atoms with Crippen molar-refractivity contribution < 1.29 is 0 Å². The fourth-order valence-electron chi connectivity index (χ4n) is 1.27. The van der Waals surface area contributed by atoms with Gasteiger partial charge in [0.05, 0.1) is 6.54 Å². The van der Waals surface area contributed by atoms with Crippen molar-refractivity contribution in [1.82, 2.24) is 0 Å². The molecule has 1 atom stereocenters. The number of aliphatic imine (C=N–C) groups is 1. The first kappa shape index (κ1) is 14.0. The van der Waals surface area contributed by atoms with Crippen LogP contribution in [0.5, 0.6) is 0 Å². The molecule has 0 saturated carbocycles. The van der Waals surface area contributed by atoms with E-state index in [0.717, 1.165) is 18.5 Å². The van der Waals surface area contributed by atoms with Crippen LogP contribution in [-0.4, -0.2) is 12.8 Å². The predicted octanol–water partition coefficient (Wildman–Crippen LogP) is 3.85. The summed E-state index contributed by atoms with van der Waals surface area (Å²) in [6.45, 7) is 10.7. The van der Waals surface area contributed by atoms with Crippen LogP contribution < -0.4 is 0 Å². The molecule has 15 heavy (non-hydrogen) atoms. The molecule has 0 amide bonds.